The molecule has 5 heteroatoms. The van der Waals surface area contributed by atoms with Gasteiger partial charge in [-0.2, -0.15) is 0 Å². The van der Waals surface area contributed by atoms with Crippen LogP contribution in [0.25, 0.3) is 21.8 Å². The van der Waals surface area contributed by atoms with Crippen molar-refractivity contribution >= 4 is 21.8 Å². The van der Waals surface area contributed by atoms with Crippen LogP contribution in [0.2, 0.25) is 0 Å². The third-order valence-electron chi connectivity index (χ3n) is 3.61. The van der Waals surface area contributed by atoms with E-state index in [0.29, 0.717) is 0 Å². The Morgan fingerprint density at radius 1 is 1.00 bits per heavy atom. The van der Waals surface area contributed by atoms with E-state index in [1.54, 1.807) is 14.2 Å². The average Bonchev–Trinajstić information content (AvgIpc) is 3.09. The summed E-state index contributed by atoms with van der Waals surface area (Å²) >= 11 is 0. The van der Waals surface area contributed by atoms with Gasteiger partial charge in [-0.15, -0.1) is 0 Å². The molecule has 0 amide bonds. The fourth-order valence-electron chi connectivity index (χ4n) is 2.66. The number of hydrogen-bond donors (Lipinski definition) is 1. The molecule has 102 valence electrons. The van der Waals surface area contributed by atoms with Crippen LogP contribution in [0.15, 0.2) is 24.3 Å². The Labute approximate surface area is 115 Å². The third-order valence-corrected chi connectivity index (χ3v) is 3.61. The normalized spacial score (nSPS) is 13.1. The van der Waals surface area contributed by atoms with E-state index in [1.807, 2.05) is 24.3 Å². The molecule has 4 rings (SSSR count). The highest BCUT2D eigenvalue weighted by Crippen LogP contribution is 2.43. The summed E-state index contributed by atoms with van der Waals surface area (Å²) in [5.41, 5.74) is 1.84. The Kier molecular flexibility index (Phi) is 2.24. The fraction of sp³-hybridized carbons (Fsp3) is 0.200. The maximum Gasteiger partial charge on any atom is 0.231 e. The van der Waals surface area contributed by atoms with Crippen molar-refractivity contribution in [2.45, 2.75) is 0 Å². The van der Waals surface area contributed by atoms with Gasteiger partial charge in [0.2, 0.25) is 6.79 Å². The molecule has 1 aliphatic rings. The van der Waals surface area contributed by atoms with E-state index in [4.69, 9.17) is 18.9 Å². The molecule has 2 heterocycles. The number of nitrogens with one attached hydrogen (secondary N) is 1. The first kappa shape index (κ1) is 11.3. The van der Waals surface area contributed by atoms with Crippen LogP contribution < -0.4 is 18.9 Å². The largest absolute Gasteiger partial charge is 0.497 e. The van der Waals surface area contributed by atoms with Gasteiger partial charge in [-0.25, -0.2) is 0 Å². The molecule has 0 aliphatic carbocycles. The molecule has 20 heavy (non-hydrogen) atoms. The minimum Gasteiger partial charge on any atom is -0.497 e. The maximum atomic E-state index is 5.55. The van der Waals surface area contributed by atoms with Crippen molar-refractivity contribution in [3.63, 3.8) is 0 Å². The molecule has 1 N–H and O–H groups in total. The van der Waals surface area contributed by atoms with E-state index in [-0.39, 0.29) is 6.79 Å². The molecule has 0 atom stereocenters. The van der Waals surface area contributed by atoms with E-state index in [0.717, 1.165) is 44.8 Å². The Balaban J connectivity index is 2.14. The number of H-pyrrole nitrogens is 1. The van der Waals surface area contributed by atoms with Gasteiger partial charge in [-0.05, 0) is 18.2 Å². The summed E-state index contributed by atoms with van der Waals surface area (Å²) in [7, 11) is 3.29. The molecule has 0 spiro atoms. The number of ether oxygens (including phenoxy) is 4. The molecule has 2 aromatic carbocycles. The first-order valence-electron chi connectivity index (χ1n) is 6.28. The number of benzene rings is 2. The highest BCUT2D eigenvalue weighted by atomic mass is 16.7. The van der Waals surface area contributed by atoms with Crippen molar-refractivity contribution in [1.29, 1.82) is 0 Å². The first-order valence-corrected chi connectivity index (χ1v) is 6.28. The number of aromatic amines is 1. The van der Waals surface area contributed by atoms with Gasteiger partial charge in [0.05, 0.1) is 25.3 Å². The van der Waals surface area contributed by atoms with Crippen molar-refractivity contribution in [3.05, 3.63) is 24.3 Å². The number of fused-ring (bicyclic) bond motifs is 5. The summed E-state index contributed by atoms with van der Waals surface area (Å²) in [6.07, 6.45) is 0. The Morgan fingerprint density at radius 2 is 1.90 bits per heavy atom. The van der Waals surface area contributed by atoms with Crippen LogP contribution in [0.3, 0.4) is 0 Å². The van der Waals surface area contributed by atoms with E-state index >= 15 is 0 Å². The van der Waals surface area contributed by atoms with Crippen molar-refractivity contribution in [1.82, 2.24) is 4.98 Å². The number of aromatic nitrogens is 1. The van der Waals surface area contributed by atoms with Crippen LogP contribution in [0.4, 0.5) is 0 Å². The van der Waals surface area contributed by atoms with Crippen molar-refractivity contribution in [2.24, 2.45) is 0 Å². The molecule has 0 unspecified atom stereocenters. The van der Waals surface area contributed by atoms with E-state index in [1.165, 1.54) is 0 Å². The molecule has 0 saturated heterocycles. The van der Waals surface area contributed by atoms with Gasteiger partial charge in [-0.3, -0.25) is 0 Å². The smallest absolute Gasteiger partial charge is 0.231 e. The lowest BCUT2D eigenvalue weighted by Gasteiger charge is -2.05. The summed E-state index contributed by atoms with van der Waals surface area (Å²) in [5.74, 6) is 3.01. The molecule has 0 saturated carbocycles. The maximum absolute atomic E-state index is 5.55. The van der Waals surface area contributed by atoms with Gasteiger partial charge < -0.3 is 23.9 Å². The molecule has 1 aromatic heterocycles. The molecule has 0 fully saturated rings. The summed E-state index contributed by atoms with van der Waals surface area (Å²) < 4.78 is 21.7. The van der Waals surface area contributed by atoms with Gasteiger partial charge in [0.15, 0.2) is 11.5 Å². The molecular formula is C15H13NO4. The lowest BCUT2D eigenvalue weighted by molar-refractivity contribution is 0.174. The van der Waals surface area contributed by atoms with Crippen molar-refractivity contribution < 1.29 is 18.9 Å². The SMILES string of the molecule is COc1cc(OC)c2[nH]c3c4c(ccc3c2c1)OCO4. The van der Waals surface area contributed by atoms with E-state index in [2.05, 4.69) is 4.98 Å². The molecule has 1 aliphatic heterocycles. The Bertz CT molecular complexity index is 822. The molecule has 3 aromatic rings. The fourth-order valence-corrected chi connectivity index (χ4v) is 2.66. The summed E-state index contributed by atoms with van der Waals surface area (Å²) in [5, 5.41) is 2.09. The van der Waals surface area contributed by atoms with E-state index in [9.17, 15) is 0 Å². The molecule has 0 radical (unpaired) electrons. The predicted octanol–water partition coefficient (Wildman–Crippen LogP) is 3.07. The summed E-state index contributed by atoms with van der Waals surface area (Å²) in [6, 6.07) is 7.78. The van der Waals surface area contributed by atoms with Gasteiger partial charge in [0.25, 0.3) is 0 Å². The van der Waals surface area contributed by atoms with Crippen LogP contribution in [-0.2, 0) is 0 Å². The van der Waals surface area contributed by atoms with Crippen molar-refractivity contribution in [3.8, 4) is 23.0 Å². The lowest BCUT2D eigenvalue weighted by atomic mass is 10.1. The number of hydrogen-bond acceptors (Lipinski definition) is 4. The minimum absolute atomic E-state index is 0.254. The van der Waals surface area contributed by atoms with Gasteiger partial charge in [0, 0.05) is 16.8 Å². The second-order valence-electron chi connectivity index (χ2n) is 4.60. The monoisotopic (exact) mass is 271 g/mol. The van der Waals surface area contributed by atoms with Crippen LogP contribution >= 0.6 is 0 Å². The van der Waals surface area contributed by atoms with Crippen LogP contribution in [0.5, 0.6) is 23.0 Å². The Hall–Kier alpha value is -2.56. The van der Waals surface area contributed by atoms with Gasteiger partial charge in [0.1, 0.15) is 11.5 Å². The quantitative estimate of drug-likeness (QED) is 0.778. The zero-order valence-electron chi connectivity index (χ0n) is 11.1. The highest BCUT2D eigenvalue weighted by Gasteiger charge is 2.21. The summed E-state index contributed by atoms with van der Waals surface area (Å²) in [6.45, 7) is 0.254. The van der Waals surface area contributed by atoms with Gasteiger partial charge >= 0.3 is 0 Å². The highest BCUT2D eigenvalue weighted by molar-refractivity contribution is 6.12. The number of rotatable bonds is 2. The topological polar surface area (TPSA) is 52.7 Å². The molecule has 5 nitrogen and oxygen atoms in total. The van der Waals surface area contributed by atoms with Crippen LogP contribution in [-0.4, -0.2) is 26.0 Å². The standard InChI is InChI=1S/C15H13NO4/c1-17-8-5-10-9-3-4-11-15(20-7-19-11)14(9)16-13(10)12(6-8)18-2/h3-6,16H,7H2,1-2H3. The van der Waals surface area contributed by atoms with E-state index < -0.39 is 0 Å². The lowest BCUT2D eigenvalue weighted by Crippen LogP contribution is -1.93. The second kappa shape index (κ2) is 3.96. The van der Waals surface area contributed by atoms with Gasteiger partial charge in [-0.1, -0.05) is 0 Å². The second-order valence-corrected chi connectivity index (χ2v) is 4.60. The molecule has 0 bridgehead atoms. The van der Waals surface area contributed by atoms with Crippen LogP contribution in [0.1, 0.15) is 0 Å². The number of methoxy groups -OCH3 is 2. The van der Waals surface area contributed by atoms with Crippen LogP contribution in [0, 0.1) is 0 Å². The Morgan fingerprint density at radius 3 is 2.70 bits per heavy atom. The third kappa shape index (κ3) is 1.37. The average molecular weight is 271 g/mol. The first-order chi connectivity index (χ1) is 9.81. The zero-order valence-corrected chi connectivity index (χ0v) is 11.1. The summed E-state index contributed by atoms with van der Waals surface area (Å²) in [4.78, 5) is 3.36. The minimum atomic E-state index is 0.254. The zero-order chi connectivity index (χ0) is 13.7. The predicted molar refractivity (Wildman–Crippen MR) is 75.0 cm³/mol. The van der Waals surface area contributed by atoms with Crippen molar-refractivity contribution in [2.75, 3.05) is 21.0 Å². The molecular weight excluding hydrogens is 258 g/mol.